The summed E-state index contributed by atoms with van der Waals surface area (Å²) in [5.74, 6) is 1.94. The van der Waals surface area contributed by atoms with Gasteiger partial charge in [-0.05, 0) is 48.0 Å². The molecule has 2 aromatic carbocycles. The van der Waals surface area contributed by atoms with E-state index in [9.17, 15) is 18.0 Å². The van der Waals surface area contributed by atoms with Crippen molar-refractivity contribution in [3.05, 3.63) is 83.3 Å². The summed E-state index contributed by atoms with van der Waals surface area (Å²) < 4.78 is 55.3. The predicted octanol–water partition coefficient (Wildman–Crippen LogP) is 4.84. The molecule has 1 aliphatic rings. The van der Waals surface area contributed by atoms with Gasteiger partial charge in [-0.15, -0.1) is 0 Å². The van der Waals surface area contributed by atoms with Crippen molar-refractivity contribution in [3.8, 4) is 11.5 Å². The Labute approximate surface area is 195 Å². The van der Waals surface area contributed by atoms with E-state index < -0.39 is 11.7 Å². The third-order valence-corrected chi connectivity index (χ3v) is 5.63. The minimum atomic E-state index is -4.36. The number of nitrogens with zero attached hydrogens (tertiary/aromatic N) is 2. The highest BCUT2D eigenvalue weighted by atomic mass is 19.4. The number of amides is 1. The van der Waals surface area contributed by atoms with E-state index in [1.807, 2.05) is 4.90 Å². The summed E-state index contributed by atoms with van der Waals surface area (Å²) in [6, 6.07) is 15.8. The maximum atomic E-state index is 12.9. The predicted molar refractivity (Wildman–Crippen MR) is 119 cm³/mol. The fraction of sp³-hybridized carbons (Fsp3) is 0.320. The zero-order chi connectivity index (χ0) is 24.1. The molecule has 2 heterocycles. The van der Waals surface area contributed by atoms with Gasteiger partial charge in [0, 0.05) is 32.7 Å². The number of alkyl halides is 3. The van der Waals surface area contributed by atoms with Crippen molar-refractivity contribution in [2.75, 3.05) is 33.3 Å². The van der Waals surface area contributed by atoms with Crippen LogP contribution in [0.1, 0.15) is 27.4 Å². The van der Waals surface area contributed by atoms with Crippen LogP contribution in [0.5, 0.6) is 11.5 Å². The number of hydrogen-bond acceptors (Lipinski definition) is 5. The highest BCUT2D eigenvalue weighted by Gasteiger charge is 2.30. The monoisotopic (exact) mass is 474 g/mol. The summed E-state index contributed by atoms with van der Waals surface area (Å²) in [5, 5.41) is 0. The van der Waals surface area contributed by atoms with E-state index in [-0.39, 0.29) is 18.3 Å². The quantitative estimate of drug-likeness (QED) is 0.490. The summed E-state index contributed by atoms with van der Waals surface area (Å²) in [6.07, 6.45) is -4.36. The highest BCUT2D eigenvalue weighted by Crippen LogP contribution is 2.30. The molecule has 34 heavy (non-hydrogen) atoms. The molecule has 1 aromatic heterocycles. The Hall–Kier alpha value is -3.46. The van der Waals surface area contributed by atoms with E-state index in [0.29, 0.717) is 49.8 Å². The first-order chi connectivity index (χ1) is 16.3. The molecule has 4 rings (SSSR count). The van der Waals surface area contributed by atoms with Gasteiger partial charge in [0.15, 0.2) is 5.76 Å². The average molecular weight is 474 g/mol. The molecular weight excluding hydrogens is 449 g/mol. The SMILES string of the molecule is COc1ccc(OCc2ccc(C(=O)N3CCN(Cc4cccc(C(F)(F)F)c4)CC3)o2)cc1. The molecule has 1 aliphatic heterocycles. The van der Waals surface area contributed by atoms with Crippen LogP contribution in [0.15, 0.2) is 65.1 Å². The first-order valence-corrected chi connectivity index (χ1v) is 10.8. The standard InChI is InChI=1S/C25H25F3N2O4/c1-32-20-5-7-21(8-6-20)33-17-22-9-10-23(34-22)24(31)30-13-11-29(12-14-30)16-18-3-2-4-19(15-18)25(26,27)28/h2-10,15H,11-14,16-17H2,1H3. The van der Waals surface area contributed by atoms with Crippen LogP contribution in [0.2, 0.25) is 0 Å². The van der Waals surface area contributed by atoms with Crippen molar-refractivity contribution in [1.82, 2.24) is 9.80 Å². The molecule has 0 atom stereocenters. The van der Waals surface area contributed by atoms with Gasteiger partial charge in [-0.25, -0.2) is 0 Å². The van der Waals surface area contributed by atoms with Gasteiger partial charge in [0.2, 0.25) is 0 Å². The molecule has 0 bridgehead atoms. The lowest BCUT2D eigenvalue weighted by Gasteiger charge is -2.34. The Bertz CT molecular complexity index is 1100. The number of hydrogen-bond donors (Lipinski definition) is 0. The normalized spacial score (nSPS) is 14.8. The van der Waals surface area contributed by atoms with Crippen molar-refractivity contribution < 1.29 is 31.9 Å². The number of furan rings is 1. The van der Waals surface area contributed by atoms with Gasteiger partial charge >= 0.3 is 6.18 Å². The third-order valence-electron chi connectivity index (χ3n) is 5.63. The average Bonchev–Trinajstić information content (AvgIpc) is 3.32. The molecule has 1 fully saturated rings. The molecule has 0 unspecified atom stereocenters. The molecule has 3 aromatic rings. The molecule has 0 radical (unpaired) electrons. The lowest BCUT2D eigenvalue weighted by atomic mass is 10.1. The van der Waals surface area contributed by atoms with Crippen LogP contribution in [0.3, 0.4) is 0 Å². The number of rotatable bonds is 7. The molecule has 1 amide bonds. The number of carbonyl (C=O) groups excluding carboxylic acids is 1. The van der Waals surface area contributed by atoms with E-state index in [4.69, 9.17) is 13.9 Å². The Kier molecular flexibility index (Phi) is 7.12. The lowest BCUT2D eigenvalue weighted by Crippen LogP contribution is -2.48. The first-order valence-electron chi connectivity index (χ1n) is 10.8. The molecule has 6 nitrogen and oxygen atoms in total. The van der Waals surface area contributed by atoms with Crippen LogP contribution in [0, 0.1) is 0 Å². The number of halogens is 3. The zero-order valence-electron chi connectivity index (χ0n) is 18.7. The molecule has 9 heteroatoms. The highest BCUT2D eigenvalue weighted by molar-refractivity contribution is 5.91. The van der Waals surface area contributed by atoms with Gasteiger partial charge in [-0.1, -0.05) is 18.2 Å². The molecule has 0 spiro atoms. The van der Waals surface area contributed by atoms with E-state index in [1.165, 1.54) is 12.1 Å². The minimum Gasteiger partial charge on any atom is -0.497 e. The summed E-state index contributed by atoms with van der Waals surface area (Å²) in [4.78, 5) is 16.5. The van der Waals surface area contributed by atoms with E-state index >= 15 is 0 Å². The molecule has 180 valence electrons. The number of carbonyl (C=O) groups is 1. The first kappa shape index (κ1) is 23.7. The second-order valence-corrected chi connectivity index (χ2v) is 8.00. The van der Waals surface area contributed by atoms with Crippen LogP contribution < -0.4 is 9.47 Å². The van der Waals surface area contributed by atoms with Gasteiger partial charge in [0.05, 0.1) is 12.7 Å². The van der Waals surface area contributed by atoms with E-state index in [1.54, 1.807) is 54.5 Å². The summed E-state index contributed by atoms with van der Waals surface area (Å²) in [6.45, 7) is 2.66. The Morgan fingerprint density at radius 2 is 1.68 bits per heavy atom. The third kappa shape index (κ3) is 5.91. The van der Waals surface area contributed by atoms with Gasteiger partial charge in [-0.2, -0.15) is 13.2 Å². The number of ether oxygens (including phenoxy) is 2. The number of methoxy groups -OCH3 is 1. The van der Waals surface area contributed by atoms with E-state index in [0.717, 1.165) is 11.8 Å². The van der Waals surface area contributed by atoms with Crippen molar-refractivity contribution in [2.45, 2.75) is 19.3 Å². The fourth-order valence-electron chi connectivity index (χ4n) is 3.77. The number of benzene rings is 2. The van der Waals surface area contributed by atoms with Crippen molar-refractivity contribution in [3.63, 3.8) is 0 Å². The summed E-state index contributed by atoms with van der Waals surface area (Å²) >= 11 is 0. The zero-order valence-corrected chi connectivity index (χ0v) is 18.7. The lowest BCUT2D eigenvalue weighted by molar-refractivity contribution is -0.137. The van der Waals surface area contributed by atoms with Gasteiger partial charge in [-0.3, -0.25) is 9.69 Å². The molecular formula is C25H25F3N2O4. The number of piperazine rings is 1. The van der Waals surface area contributed by atoms with Crippen LogP contribution in [-0.4, -0.2) is 49.0 Å². The summed E-state index contributed by atoms with van der Waals surface area (Å²) in [7, 11) is 1.59. The maximum absolute atomic E-state index is 12.9. The maximum Gasteiger partial charge on any atom is 0.416 e. The van der Waals surface area contributed by atoms with E-state index in [2.05, 4.69) is 0 Å². The minimum absolute atomic E-state index is 0.185. The van der Waals surface area contributed by atoms with Crippen molar-refractivity contribution in [1.29, 1.82) is 0 Å². The Balaban J connectivity index is 1.27. The van der Waals surface area contributed by atoms with Crippen LogP contribution in [0.25, 0.3) is 0 Å². The van der Waals surface area contributed by atoms with Gasteiger partial charge in [0.1, 0.15) is 23.9 Å². The van der Waals surface area contributed by atoms with Crippen molar-refractivity contribution >= 4 is 5.91 Å². The smallest absolute Gasteiger partial charge is 0.416 e. The molecule has 0 aliphatic carbocycles. The van der Waals surface area contributed by atoms with Gasteiger partial charge < -0.3 is 18.8 Å². The topological polar surface area (TPSA) is 55.2 Å². The fourth-order valence-corrected chi connectivity index (χ4v) is 3.77. The Morgan fingerprint density at radius 1 is 0.971 bits per heavy atom. The van der Waals surface area contributed by atoms with Crippen molar-refractivity contribution in [2.24, 2.45) is 0 Å². The summed E-state index contributed by atoms with van der Waals surface area (Å²) in [5.41, 5.74) is -0.0504. The van der Waals surface area contributed by atoms with Gasteiger partial charge in [0.25, 0.3) is 5.91 Å². The largest absolute Gasteiger partial charge is 0.497 e. The Morgan fingerprint density at radius 3 is 2.35 bits per heavy atom. The molecule has 1 saturated heterocycles. The molecule has 0 saturated carbocycles. The second kappa shape index (κ2) is 10.2. The molecule has 0 N–H and O–H groups in total. The van der Waals surface area contributed by atoms with Crippen LogP contribution >= 0.6 is 0 Å². The second-order valence-electron chi connectivity index (χ2n) is 8.00. The van der Waals surface area contributed by atoms with Crippen LogP contribution in [0.4, 0.5) is 13.2 Å². The van der Waals surface area contributed by atoms with Crippen LogP contribution in [-0.2, 0) is 19.3 Å².